The van der Waals surface area contributed by atoms with Crippen molar-refractivity contribution in [2.24, 2.45) is 20.7 Å². The first-order chi connectivity index (χ1) is 2.89. The average Bonchev–Trinajstić information content (AvgIpc) is 1.86. The van der Waals surface area contributed by atoms with Gasteiger partial charge in [-0.25, -0.2) is 0 Å². The zero-order valence-corrected chi connectivity index (χ0v) is 4.69. The summed E-state index contributed by atoms with van der Waals surface area (Å²) in [6, 6.07) is 0. The molecule has 0 aromatic heterocycles. The van der Waals surface area contributed by atoms with E-state index in [1.807, 2.05) is 0 Å². The van der Waals surface area contributed by atoms with Gasteiger partial charge in [0.05, 0.1) is 0 Å². The van der Waals surface area contributed by atoms with Crippen molar-refractivity contribution in [1.29, 1.82) is 0 Å². The van der Waals surface area contributed by atoms with Crippen molar-refractivity contribution in [2.75, 3.05) is 0 Å². The molecule has 0 atom stereocenters. The minimum atomic E-state index is -0.0995. The molecule has 0 radical (unpaired) electrons. The van der Waals surface area contributed by atoms with Crippen LogP contribution in [-0.4, -0.2) is 21.1 Å². The van der Waals surface area contributed by atoms with Gasteiger partial charge < -0.3 is 0 Å². The summed E-state index contributed by atoms with van der Waals surface area (Å²) in [4.78, 5) is 0. The van der Waals surface area contributed by atoms with E-state index in [0.717, 1.165) is 0 Å². The molecule has 0 N–H and O–H groups in total. The van der Waals surface area contributed by atoms with Crippen LogP contribution in [0.15, 0.2) is 20.7 Å². The van der Waals surface area contributed by atoms with Crippen molar-refractivity contribution < 1.29 is 0 Å². The molecule has 1 heterocycles. The summed E-state index contributed by atoms with van der Waals surface area (Å²) in [5.74, 6) is 0. The average molecular weight is 149 g/mol. The van der Waals surface area contributed by atoms with Gasteiger partial charge in [0.2, 0.25) is 0 Å². The number of rotatable bonds is 0. The molecule has 0 saturated heterocycles. The summed E-state index contributed by atoms with van der Waals surface area (Å²) in [7, 11) is 0. The van der Waals surface area contributed by atoms with E-state index < -0.39 is 0 Å². The summed E-state index contributed by atoms with van der Waals surface area (Å²) in [6.45, 7) is 0. The standard InChI is InChI=1S/CH2N4Se/c6-1-2-4-5-3-1/h1,6H. The Morgan fingerprint density at radius 1 is 1.17 bits per heavy atom. The predicted octanol–water partition coefficient (Wildman–Crippen LogP) is 0.00380. The van der Waals surface area contributed by atoms with Crippen LogP contribution in [-0.2, 0) is 0 Å². The Morgan fingerprint density at radius 3 is 1.83 bits per heavy atom. The Kier molecular flexibility index (Phi) is 0.939. The summed E-state index contributed by atoms with van der Waals surface area (Å²) in [5, 5.41) is 13.4. The summed E-state index contributed by atoms with van der Waals surface area (Å²) in [6.07, 6.45) is 0. The fourth-order valence-electron chi connectivity index (χ4n) is 0.162. The van der Waals surface area contributed by atoms with E-state index in [0.29, 0.717) is 0 Å². The molecule has 0 fully saturated rings. The fraction of sp³-hybridized carbons (Fsp3) is 1.00. The SMILES string of the molecule is [SeH]C1N=NN=N1. The number of nitrogens with zero attached hydrogens (tertiary/aromatic N) is 4. The number of hydrogen-bond acceptors (Lipinski definition) is 4. The van der Waals surface area contributed by atoms with E-state index in [9.17, 15) is 0 Å². The molecular weight excluding hydrogens is 147 g/mol. The Labute approximate surface area is 42.5 Å². The molecule has 1 rings (SSSR count). The van der Waals surface area contributed by atoms with E-state index in [1.165, 1.54) is 0 Å². The van der Waals surface area contributed by atoms with Crippen molar-refractivity contribution in [2.45, 2.75) is 5.06 Å². The first-order valence-corrected chi connectivity index (χ1v) is 2.46. The Bertz CT molecular complexity index is 83.7. The van der Waals surface area contributed by atoms with E-state index in [-0.39, 0.29) is 5.06 Å². The van der Waals surface area contributed by atoms with Gasteiger partial charge in [0.25, 0.3) is 0 Å². The third kappa shape index (κ3) is 0.609. The van der Waals surface area contributed by atoms with Crippen LogP contribution in [0.2, 0.25) is 0 Å². The molecule has 32 valence electrons. The summed E-state index contributed by atoms with van der Waals surface area (Å²) < 4.78 is 0. The van der Waals surface area contributed by atoms with Crippen LogP contribution in [0.5, 0.6) is 0 Å². The van der Waals surface area contributed by atoms with Gasteiger partial charge in [-0.3, -0.25) is 0 Å². The van der Waals surface area contributed by atoms with Crippen molar-refractivity contribution in [3.8, 4) is 0 Å². The normalized spacial score (nSPS) is 20.2. The molecule has 0 bridgehead atoms. The quantitative estimate of drug-likeness (QED) is 0.435. The molecule has 0 aromatic carbocycles. The van der Waals surface area contributed by atoms with Crippen molar-refractivity contribution in [1.82, 2.24) is 0 Å². The van der Waals surface area contributed by atoms with Gasteiger partial charge in [-0.1, -0.05) is 0 Å². The van der Waals surface area contributed by atoms with Gasteiger partial charge in [0.15, 0.2) is 0 Å². The predicted molar refractivity (Wildman–Crippen MR) is 20.6 cm³/mol. The molecular formula is CH2N4Se. The fourth-order valence-corrected chi connectivity index (χ4v) is 0.355. The van der Waals surface area contributed by atoms with Crippen LogP contribution in [0.3, 0.4) is 0 Å². The van der Waals surface area contributed by atoms with Gasteiger partial charge >= 0.3 is 41.8 Å². The van der Waals surface area contributed by atoms with E-state index >= 15 is 0 Å². The van der Waals surface area contributed by atoms with Crippen LogP contribution in [0.4, 0.5) is 0 Å². The van der Waals surface area contributed by atoms with E-state index in [4.69, 9.17) is 0 Å². The maximum atomic E-state index is 3.50. The Hall–Kier alpha value is -0.281. The summed E-state index contributed by atoms with van der Waals surface area (Å²) >= 11 is 2.22. The zero-order chi connectivity index (χ0) is 4.41. The zero-order valence-electron chi connectivity index (χ0n) is 2.81. The van der Waals surface area contributed by atoms with Crippen molar-refractivity contribution in [3.05, 3.63) is 0 Å². The molecule has 1 aliphatic rings. The van der Waals surface area contributed by atoms with Crippen LogP contribution in [0.1, 0.15) is 0 Å². The molecule has 0 saturated carbocycles. The third-order valence-corrected chi connectivity index (χ3v) is 0.783. The second-order valence-corrected chi connectivity index (χ2v) is 1.73. The Morgan fingerprint density at radius 2 is 1.67 bits per heavy atom. The van der Waals surface area contributed by atoms with Crippen LogP contribution < -0.4 is 0 Å². The molecule has 5 heteroatoms. The van der Waals surface area contributed by atoms with Gasteiger partial charge in [0.1, 0.15) is 0 Å². The molecule has 0 amide bonds. The second kappa shape index (κ2) is 1.45. The molecule has 4 nitrogen and oxygen atoms in total. The number of hydrogen-bond donors (Lipinski definition) is 0. The van der Waals surface area contributed by atoms with Gasteiger partial charge in [0, 0.05) is 0 Å². The monoisotopic (exact) mass is 150 g/mol. The van der Waals surface area contributed by atoms with Crippen molar-refractivity contribution >= 4 is 16.0 Å². The minimum absolute atomic E-state index is 0.0995. The van der Waals surface area contributed by atoms with Gasteiger partial charge in [-0.2, -0.15) is 0 Å². The first kappa shape index (κ1) is 3.89. The summed E-state index contributed by atoms with van der Waals surface area (Å²) in [5.41, 5.74) is 0. The second-order valence-electron chi connectivity index (χ2n) is 0.756. The Balaban J connectivity index is 2.60. The van der Waals surface area contributed by atoms with E-state index in [1.54, 1.807) is 0 Å². The molecule has 0 unspecified atom stereocenters. The first-order valence-electron chi connectivity index (χ1n) is 1.37. The van der Waals surface area contributed by atoms with Crippen LogP contribution >= 0.6 is 0 Å². The van der Waals surface area contributed by atoms with Gasteiger partial charge in [-0.05, 0) is 0 Å². The van der Waals surface area contributed by atoms with E-state index in [2.05, 4.69) is 36.7 Å². The van der Waals surface area contributed by atoms with Crippen LogP contribution in [0.25, 0.3) is 0 Å². The molecule has 0 aliphatic carbocycles. The maximum absolute atomic E-state index is 3.50. The topological polar surface area (TPSA) is 49.4 Å². The van der Waals surface area contributed by atoms with Crippen LogP contribution in [0, 0.1) is 0 Å². The third-order valence-electron chi connectivity index (χ3n) is 0.350. The van der Waals surface area contributed by atoms with Gasteiger partial charge in [-0.15, -0.1) is 0 Å². The molecule has 1 aliphatic heterocycles. The van der Waals surface area contributed by atoms with Crippen molar-refractivity contribution in [3.63, 3.8) is 0 Å². The molecule has 0 aromatic rings. The molecule has 0 spiro atoms. The molecule has 6 heavy (non-hydrogen) atoms.